The van der Waals surface area contributed by atoms with Crippen LogP contribution in [-0.4, -0.2) is 46.9 Å². The minimum absolute atomic E-state index is 0.377. The molecule has 0 radical (unpaired) electrons. The highest BCUT2D eigenvalue weighted by Gasteiger charge is 2.14. The number of rotatable bonds is 14. The van der Waals surface area contributed by atoms with Gasteiger partial charge in [-0.2, -0.15) is 4.98 Å². The first-order chi connectivity index (χ1) is 13.6. The van der Waals surface area contributed by atoms with Gasteiger partial charge in [0, 0.05) is 12.1 Å². The predicted octanol–water partition coefficient (Wildman–Crippen LogP) is 4.88. The lowest BCUT2D eigenvalue weighted by Gasteiger charge is -2.13. The zero-order chi connectivity index (χ0) is 20.2. The molecule has 5 nitrogen and oxygen atoms in total. The van der Waals surface area contributed by atoms with Crippen molar-refractivity contribution in [3.63, 3.8) is 0 Å². The Morgan fingerprint density at radius 2 is 1.61 bits per heavy atom. The Balaban J connectivity index is 1.72. The number of aryl methyl sites for hydroxylation is 1. The van der Waals surface area contributed by atoms with Gasteiger partial charge in [-0.1, -0.05) is 81.3 Å². The van der Waals surface area contributed by atoms with Crippen molar-refractivity contribution in [2.24, 2.45) is 0 Å². The molecule has 0 spiro atoms. The molecule has 1 aromatic carbocycles. The summed E-state index contributed by atoms with van der Waals surface area (Å²) in [5.41, 5.74) is 2.32. The monoisotopic (exact) mass is 387 g/mol. The largest absolute Gasteiger partial charge is 0.391 e. The number of likely N-dealkylation sites (N-methyl/N-ethyl adjacent to an activating group) is 1. The van der Waals surface area contributed by atoms with E-state index >= 15 is 0 Å². The van der Waals surface area contributed by atoms with E-state index in [0.29, 0.717) is 24.7 Å². The van der Waals surface area contributed by atoms with Gasteiger partial charge in [-0.05, 0) is 32.5 Å². The molecule has 0 aliphatic rings. The minimum atomic E-state index is -0.502. The third-order valence-electron chi connectivity index (χ3n) is 4.99. The summed E-state index contributed by atoms with van der Waals surface area (Å²) in [4.78, 5) is 6.36. The number of unbranched alkanes of at least 4 members (excludes halogenated alkanes) is 7. The zero-order valence-electron chi connectivity index (χ0n) is 17.9. The van der Waals surface area contributed by atoms with E-state index in [0.717, 1.165) is 12.0 Å². The molecule has 1 atom stereocenters. The van der Waals surface area contributed by atoms with Crippen molar-refractivity contribution in [3.05, 3.63) is 35.7 Å². The summed E-state index contributed by atoms with van der Waals surface area (Å²) in [6, 6.07) is 8.44. The molecular weight excluding hydrogens is 350 g/mol. The number of aliphatic hydroxyl groups is 1. The Bertz CT molecular complexity index is 652. The van der Waals surface area contributed by atoms with E-state index in [2.05, 4.69) is 41.3 Å². The van der Waals surface area contributed by atoms with Crippen LogP contribution in [0.4, 0.5) is 0 Å². The van der Waals surface area contributed by atoms with Crippen molar-refractivity contribution in [1.29, 1.82) is 0 Å². The molecule has 0 aliphatic carbocycles. The molecule has 0 fully saturated rings. The summed E-state index contributed by atoms with van der Waals surface area (Å²) in [5, 5.41) is 14.0. The molecular formula is C23H37N3O2. The Morgan fingerprint density at radius 1 is 0.964 bits per heavy atom. The molecule has 0 saturated carbocycles. The summed E-state index contributed by atoms with van der Waals surface area (Å²) < 4.78 is 5.29. The lowest BCUT2D eigenvalue weighted by Crippen LogP contribution is -2.27. The van der Waals surface area contributed by atoms with E-state index in [4.69, 9.17) is 4.52 Å². The van der Waals surface area contributed by atoms with Crippen LogP contribution in [0.15, 0.2) is 28.8 Å². The summed E-state index contributed by atoms with van der Waals surface area (Å²) in [6.07, 6.45) is 11.8. The lowest BCUT2D eigenvalue weighted by atomic mass is 10.0. The zero-order valence-corrected chi connectivity index (χ0v) is 17.9. The third kappa shape index (κ3) is 8.53. The average Bonchev–Trinajstić information content (AvgIpc) is 3.12. The second-order valence-electron chi connectivity index (χ2n) is 8.05. The Kier molecular flexibility index (Phi) is 10.2. The maximum Gasteiger partial charge on any atom is 0.229 e. The first-order valence-electron chi connectivity index (χ1n) is 10.8. The van der Waals surface area contributed by atoms with Crippen LogP contribution in [-0.2, 0) is 12.8 Å². The maximum atomic E-state index is 9.99. The number of hydrogen-bond donors (Lipinski definition) is 1. The Labute approximate surface area is 170 Å². The van der Waals surface area contributed by atoms with Gasteiger partial charge >= 0.3 is 0 Å². The van der Waals surface area contributed by atoms with Gasteiger partial charge < -0.3 is 14.5 Å². The maximum absolute atomic E-state index is 9.99. The van der Waals surface area contributed by atoms with Crippen LogP contribution >= 0.6 is 0 Å². The quantitative estimate of drug-likeness (QED) is 0.468. The SMILES string of the molecule is CCCCCCCCCCc1ccc(-c2noc(CC(O)CN(C)C)n2)cc1. The first kappa shape index (κ1) is 22.6. The lowest BCUT2D eigenvalue weighted by molar-refractivity contribution is 0.127. The summed E-state index contributed by atoms with van der Waals surface area (Å²) in [6.45, 7) is 2.84. The van der Waals surface area contributed by atoms with E-state index in [1.54, 1.807) is 0 Å². The summed E-state index contributed by atoms with van der Waals surface area (Å²) in [7, 11) is 3.86. The Hall–Kier alpha value is -1.72. The van der Waals surface area contributed by atoms with Crippen molar-refractivity contribution in [2.75, 3.05) is 20.6 Å². The molecule has 0 saturated heterocycles. The molecule has 1 N–H and O–H groups in total. The second-order valence-corrected chi connectivity index (χ2v) is 8.05. The van der Waals surface area contributed by atoms with Crippen LogP contribution in [0.5, 0.6) is 0 Å². The molecule has 0 bridgehead atoms. The van der Waals surface area contributed by atoms with Gasteiger partial charge in [0.05, 0.1) is 12.5 Å². The van der Waals surface area contributed by atoms with Gasteiger partial charge in [0.25, 0.3) is 0 Å². The molecule has 0 aliphatic heterocycles. The number of hydrogen-bond acceptors (Lipinski definition) is 5. The van der Waals surface area contributed by atoms with Gasteiger partial charge in [-0.3, -0.25) is 0 Å². The van der Waals surface area contributed by atoms with E-state index < -0.39 is 6.10 Å². The van der Waals surface area contributed by atoms with E-state index in [9.17, 15) is 5.11 Å². The van der Waals surface area contributed by atoms with Crippen LogP contribution < -0.4 is 0 Å². The highest BCUT2D eigenvalue weighted by molar-refractivity contribution is 5.54. The standard InChI is InChI=1S/C23H37N3O2/c1-4-5-6-7-8-9-10-11-12-19-13-15-20(16-14-19)23-24-22(28-25-23)17-21(27)18-26(2)3/h13-16,21,27H,4-12,17-18H2,1-3H3. The fourth-order valence-electron chi connectivity index (χ4n) is 3.43. The third-order valence-corrected chi connectivity index (χ3v) is 4.99. The van der Waals surface area contributed by atoms with E-state index in [1.807, 2.05) is 19.0 Å². The van der Waals surface area contributed by atoms with Crippen LogP contribution in [0.2, 0.25) is 0 Å². The van der Waals surface area contributed by atoms with Gasteiger partial charge in [0.2, 0.25) is 11.7 Å². The Morgan fingerprint density at radius 3 is 2.25 bits per heavy atom. The van der Waals surface area contributed by atoms with Crippen molar-refractivity contribution in [1.82, 2.24) is 15.0 Å². The molecule has 1 aromatic heterocycles. The fourth-order valence-corrected chi connectivity index (χ4v) is 3.43. The smallest absolute Gasteiger partial charge is 0.229 e. The van der Waals surface area contributed by atoms with Gasteiger partial charge in [-0.25, -0.2) is 0 Å². The van der Waals surface area contributed by atoms with Crippen molar-refractivity contribution in [3.8, 4) is 11.4 Å². The van der Waals surface area contributed by atoms with Crippen LogP contribution in [0.3, 0.4) is 0 Å². The van der Waals surface area contributed by atoms with Gasteiger partial charge in [0.15, 0.2) is 0 Å². The number of aromatic nitrogens is 2. The van der Waals surface area contributed by atoms with Gasteiger partial charge in [-0.15, -0.1) is 0 Å². The molecule has 2 rings (SSSR count). The highest BCUT2D eigenvalue weighted by Crippen LogP contribution is 2.18. The molecule has 5 heteroatoms. The average molecular weight is 388 g/mol. The van der Waals surface area contributed by atoms with Crippen molar-refractivity contribution < 1.29 is 9.63 Å². The topological polar surface area (TPSA) is 62.4 Å². The van der Waals surface area contributed by atoms with E-state index in [1.165, 1.54) is 56.9 Å². The van der Waals surface area contributed by atoms with Crippen LogP contribution in [0, 0.1) is 0 Å². The van der Waals surface area contributed by atoms with Gasteiger partial charge in [0.1, 0.15) is 0 Å². The van der Waals surface area contributed by atoms with Crippen molar-refractivity contribution in [2.45, 2.75) is 77.2 Å². The van der Waals surface area contributed by atoms with E-state index in [-0.39, 0.29) is 0 Å². The normalized spacial score (nSPS) is 12.6. The fraction of sp³-hybridized carbons (Fsp3) is 0.652. The predicted molar refractivity (Wildman–Crippen MR) is 114 cm³/mol. The number of benzene rings is 1. The minimum Gasteiger partial charge on any atom is -0.391 e. The van der Waals surface area contributed by atoms with Crippen LogP contribution in [0.1, 0.15) is 69.7 Å². The second kappa shape index (κ2) is 12.7. The molecule has 1 heterocycles. The first-order valence-corrected chi connectivity index (χ1v) is 10.8. The van der Waals surface area contributed by atoms with Crippen LogP contribution in [0.25, 0.3) is 11.4 Å². The molecule has 156 valence electrons. The molecule has 0 amide bonds. The molecule has 1 unspecified atom stereocenters. The van der Waals surface area contributed by atoms with Crippen molar-refractivity contribution >= 4 is 0 Å². The number of nitrogens with zero attached hydrogens (tertiary/aromatic N) is 3. The summed E-state index contributed by atoms with van der Waals surface area (Å²) >= 11 is 0. The highest BCUT2D eigenvalue weighted by atomic mass is 16.5. The summed E-state index contributed by atoms with van der Waals surface area (Å²) in [5.74, 6) is 1.07. The molecule has 2 aromatic rings. The number of aliphatic hydroxyl groups excluding tert-OH is 1. The molecule has 28 heavy (non-hydrogen) atoms.